The minimum Gasteiger partial charge on any atom is -0.311 e. The van der Waals surface area contributed by atoms with Crippen molar-refractivity contribution < 1.29 is 4.57 Å². The summed E-state index contributed by atoms with van der Waals surface area (Å²) >= 11 is 0. The number of para-hydroxylation sites is 1. The number of hydrogen-bond donors (Lipinski definition) is 0. The Kier molecular flexibility index (Phi) is 4.73. The monoisotopic (exact) mass is 308 g/mol. The molecule has 5 heteroatoms. The van der Waals surface area contributed by atoms with Crippen molar-refractivity contribution in [1.29, 1.82) is 0 Å². The fourth-order valence-electron chi connectivity index (χ4n) is 2.26. The van der Waals surface area contributed by atoms with Crippen molar-refractivity contribution in [3.05, 3.63) is 54.3 Å². The molecular weight excluding hydrogens is 286 g/mol. The standard InChI is InChI=1S/C15H22N2OP2/c1-13-8-7-11-15(12-13)17(3)20(18,19)16(2)14-9-5-4-6-10-14/h4-11,13H,12,19H2,1-3H3. The Labute approximate surface area is 123 Å². The molecule has 0 bridgehead atoms. The van der Waals surface area contributed by atoms with E-state index in [1.165, 1.54) is 0 Å². The second kappa shape index (κ2) is 6.16. The van der Waals surface area contributed by atoms with Gasteiger partial charge in [0.05, 0.1) is 0 Å². The maximum absolute atomic E-state index is 13.2. The van der Waals surface area contributed by atoms with Gasteiger partial charge >= 0.3 is 0 Å². The van der Waals surface area contributed by atoms with E-state index in [1.54, 1.807) is 0 Å². The Morgan fingerprint density at radius 2 is 1.85 bits per heavy atom. The molecule has 0 saturated carbocycles. The third kappa shape index (κ3) is 3.16. The van der Waals surface area contributed by atoms with E-state index in [0.717, 1.165) is 17.8 Å². The fraction of sp³-hybridized carbons (Fsp3) is 0.333. The van der Waals surface area contributed by atoms with Crippen LogP contribution in [0.3, 0.4) is 0 Å². The van der Waals surface area contributed by atoms with E-state index < -0.39 is 7.13 Å². The average Bonchev–Trinajstić information content (AvgIpc) is 2.46. The summed E-state index contributed by atoms with van der Waals surface area (Å²) in [5, 5.41) is 0. The van der Waals surface area contributed by atoms with Gasteiger partial charge in [0.1, 0.15) is 0 Å². The number of nitrogens with zero attached hydrogens (tertiary/aromatic N) is 2. The summed E-state index contributed by atoms with van der Waals surface area (Å²) < 4.78 is 16.9. The molecule has 20 heavy (non-hydrogen) atoms. The quantitative estimate of drug-likeness (QED) is 0.764. The van der Waals surface area contributed by atoms with Crippen molar-refractivity contribution in [2.24, 2.45) is 5.92 Å². The van der Waals surface area contributed by atoms with Gasteiger partial charge in [0.2, 0.25) is 0 Å². The minimum absolute atomic E-state index is 0.490. The molecule has 0 aromatic heterocycles. The first-order chi connectivity index (χ1) is 9.43. The van der Waals surface area contributed by atoms with E-state index in [4.69, 9.17) is 0 Å². The fourth-order valence-corrected chi connectivity index (χ4v) is 4.48. The van der Waals surface area contributed by atoms with Crippen molar-refractivity contribution in [2.45, 2.75) is 13.3 Å². The van der Waals surface area contributed by atoms with E-state index in [9.17, 15) is 4.57 Å². The summed E-state index contributed by atoms with van der Waals surface area (Å²) in [5.41, 5.74) is 2.07. The lowest BCUT2D eigenvalue weighted by Crippen LogP contribution is -2.24. The van der Waals surface area contributed by atoms with Crippen LogP contribution in [0, 0.1) is 5.92 Å². The maximum Gasteiger partial charge on any atom is 0.275 e. The molecule has 1 aliphatic rings. The smallest absolute Gasteiger partial charge is 0.275 e. The van der Waals surface area contributed by atoms with Crippen molar-refractivity contribution in [1.82, 2.24) is 4.67 Å². The summed E-state index contributed by atoms with van der Waals surface area (Å²) in [6.07, 6.45) is 7.20. The van der Waals surface area contributed by atoms with Crippen LogP contribution in [0.25, 0.3) is 0 Å². The molecule has 0 fully saturated rings. The molecule has 3 atom stereocenters. The molecule has 1 aromatic rings. The summed E-state index contributed by atoms with van der Waals surface area (Å²) in [6, 6.07) is 9.83. The van der Waals surface area contributed by atoms with Gasteiger partial charge in [-0.3, -0.25) is 4.57 Å². The molecule has 0 N–H and O–H groups in total. The molecule has 1 aromatic carbocycles. The summed E-state index contributed by atoms with van der Waals surface area (Å²) in [4.78, 5) is 0. The molecular formula is C15H22N2OP2. The number of rotatable bonds is 4. The molecule has 0 amide bonds. The zero-order valence-electron chi connectivity index (χ0n) is 12.2. The predicted octanol–water partition coefficient (Wildman–Crippen LogP) is 4.52. The van der Waals surface area contributed by atoms with Crippen LogP contribution in [0.2, 0.25) is 0 Å². The highest BCUT2D eigenvalue weighted by Crippen LogP contribution is 2.62. The number of allylic oxidation sites excluding steroid dienone is 4. The van der Waals surface area contributed by atoms with Gasteiger partial charge in [-0.25, -0.2) is 0 Å². The molecule has 2 rings (SSSR count). The predicted molar refractivity (Wildman–Crippen MR) is 90.9 cm³/mol. The van der Waals surface area contributed by atoms with Crippen LogP contribution in [0.4, 0.5) is 5.69 Å². The molecule has 0 radical (unpaired) electrons. The Morgan fingerprint density at radius 1 is 1.20 bits per heavy atom. The van der Waals surface area contributed by atoms with Gasteiger partial charge in [-0.05, 0) is 39.5 Å². The summed E-state index contributed by atoms with van der Waals surface area (Å²) in [5.74, 6) is 0.490. The number of anilines is 1. The Balaban J connectivity index is 2.24. The summed E-state index contributed by atoms with van der Waals surface area (Å²) in [6.45, 7) is 2.17. The van der Waals surface area contributed by atoms with Crippen LogP contribution >= 0.6 is 16.1 Å². The zero-order chi connectivity index (χ0) is 14.8. The minimum atomic E-state index is -2.71. The molecule has 0 saturated heterocycles. The van der Waals surface area contributed by atoms with Crippen LogP contribution < -0.4 is 4.67 Å². The Morgan fingerprint density at radius 3 is 2.45 bits per heavy atom. The van der Waals surface area contributed by atoms with Crippen molar-refractivity contribution in [3.63, 3.8) is 0 Å². The van der Waals surface area contributed by atoms with Crippen LogP contribution in [0.5, 0.6) is 0 Å². The number of benzene rings is 1. The molecule has 3 unspecified atom stereocenters. The van der Waals surface area contributed by atoms with Gasteiger partial charge in [0.25, 0.3) is 7.13 Å². The maximum atomic E-state index is 13.2. The Hall–Kier alpha value is -1.04. The zero-order valence-corrected chi connectivity index (χ0v) is 14.3. The third-order valence-electron chi connectivity index (χ3n) is 3.66. The van der Waals surface area contributed by atoms with E-state index in [0.29, 0.717) is 5.92 Å². The van der Waals surface area contributed by atoms with Crippen LogP contribution in [0.15, 0.2) is 54.3 Å². The van der Waals surface area contributed by atoms with Crippen LogP contribution in [0.1, 0.15) is 13.3 Å². The average molecular weight is 308 g/mol. The normalized spacial score (nSPS) is 21.0. The molecule has 3 nitrogen and oxygen atoms in total. The first kappa shape index (κ1) is 15.4. The Bertz CT molecular complexity index is 568. The lowest BCUT2D eigenvalue weighted by molar-refractivity contribution is 0.505. The molecule has 1 aliphatic carbocycles. The van der Waals surface area contributed by atoms with Gasteiger partial charge < -0.3 is 9.34 Å². The molecule has 0 spiro atoms. The lowest BCUT2D eigenvalue weighted by Gasteiger charge is -2.37. The largest absolute Gasteiger partial charge is 0.311 e. The highest BCUT2D eigenvalue weighted by atomic mass is 32.0. The van der Waals surface area contributed by atoms with E-state index in [-0.39, 0.29) is 0 Å². The van der Waals surface area contributed by atoms with Crippen molar-refractivity contribution in [3.8, 4) is 0 Å². The highest BCUT2D eigenvalue weighted by molar-refractivity contribution is 8.17. The molecule has 0 heterocycles. The van der Waals surface area contributed by atoms with Gasteiger partial charge in [-0.15, -0.1) is 0 Å². The third-order valence-corrected chi connectivity index (χ3v) is 7.95. The first-order valence-corrected chi connectivity index (χ1v) is 9.95. The van der Waals surface area contributed by atoms with Gasteiger partial charge in [-0.2, -0.15) is 0 Å². The van der Waals surface area contributed by atoms with E-state index in [1.807, 2.05) is 59.8 Å². The van der Waals surface area contributed by atoms with Crippen molar-refractivity contribution >= 4 is 21.7 Å². The second-order valence-electron chi connectivity index (χ2n) is 5.20. The van der Waals surface area contributed by atoms with Gasteiger partial charge in [-0.1, -0.05) is 37.3 Å². The SMILES string of the molecule is CC1C=CC=C(N(C)P(=O)(P)N(C)c2ccccc2)C1. The van der Waals surface area contributed by atoms with Crippen LogP contribution in [-0.4, -0.2) is 18.8 Å². The molecule has 108 valence electrons. The van der Waals surface area contributed by atoms with Gasteiger partial charge in [0, 0.05) is 25.5 Å². The van der Waals surface area contributed by atoms with Crippen LogP contribution in [-0.2, 0) is 4.57 Å². The van der Waals surface area contributed by atoms with Gasteiger partial charge in [0.15, 0.2) is 0 Å². The van der Waals surface area contributed by atoms with E-state index in [2.05, 4.69) is 28.0 Å². The highest BCUT2D eigenvalue weighted by Gasteiger charge is 2.29. The van der Waals surface area contributed by atoms with E-state index >= 15 is 0 Å². The topological polar surface area (TPSA) is 23.6 Å². The van der Waals surface area contributed by atoms with Crippen molar-refractivity contribution in [2.75, 3.05) is 18.8 Å². The molecule has 0 aliphatic heterocycles. The summed E-state index contributed by atoms with van der Waals surface area (Å²) in [7, 11) is 3.62. The lowest BCUT2D eigenvalue weighted by atomic mass is 10.0. The number of hydrogen-bond acceptors (Lipinski definition) is 1. The second-order valence-corrected chi connectivity index (χ2v) is 9.59. The first-order valence-electron chi connectivity index (χ1n) is 6.72.